The van der Waals surface area contributed by atoms with Crippen LogP contribution in [0.4, 0.5) is 5.69 Å². The van der Waals surface area contributed by atoms with E-state index in [-0.39, 0.29) is 0 Å². The molecule has 24 heavy (non-hydrogen) atoms. The van der Waals surface area contributed by atoms with Gasteiger partial charge in [0.05, 0.1) is 28.6 Å². The molecule has 2 aromatic carbocycles. The Labute approximate surface area is 140 Å². The molecule has 1 aliphatic rings. The quantitative estimate of drug-likeness (QED) is 0.610. The van der Waals surface area contributed by atoms with Crippen LogP contribution >= 0.6 is 0 Å². The van der Waals surface area contributed by atoms with Crippen LogP contribution in [-0.2, 0) is 0 Å². The highest BCUT2D eigenvalue weighted by atomic mass is 15.2. The van der Waals surface area contributed by atoms with Crippen molar-refractivity contribution in [2.24, 2.45) is 0 Å². The maximum Gasteiger partial charge on any atom is 0.0943 e. The normalized spacial score (nSPS) is 14.4. The fourth-order valence-electron chi connectivity index (χ4n) is 3.33. The van der Waals surface area contributed by atoms with Crippen molar-refractivity contribution in [1.82, 2.24) is 15.2 Å². The molecule has 4 nitrogen and oxygen atoms in total. The van der Waals surface area contributed by atoms with Crippen molar-refractivity contribution in [3.05, 3.63) is 54.7 Å². The fourth-order valence-corrected chi connectivity index (χ4v) is 3.33. The zero-order valence-electron chi connectivity index (χ0n) is 13.5. The Bertz CT molecular complexity index is 1050. The van der Waals surface area contributed by atoms with Gasteiger partial charge in [-0.15, -0.1) is 0 Å². The summed E-state index contributed by atoms with van der Waals surface area (Å²) >= 11 is 0. The summed E-state index contributed by atoms with van der Waals surface area (Å²) in [6.45, 7) is 0. The summed E-state index contributed by atoms with van der Waals surface area (Å²) in [5.41, 5.74) is 5.48. The highest BCUT2D eigenvalue weighted by molar-refractivity contribution is 5.92. The Balaban J connectivity index is 1.76. The van der Waals surface area contributed by atoms with E-state index >= 15 is 0 Å². The van der Waals surface area contributed by atoms with Crippen molar-refractivity contribution >= 4 is 27.5 Å². The molecule has 118 valence electrons. The fraction of sp³-hybridized carbons (Fsp3) is 0.200. The molecule has 0 atom stereocenters. The van der Waals surface area contributed by atoms with E-state index in [0.717, 1.165) is 27.7 Å². The summed E-state index contributed by atoms with van der Waals surface area (Å²) in [7, 11) is 2.18. The van der Waals surface area contributed by atoms with E-state index in [1.54, 1.807) is 0 Å². The Morgan fingerprint density at radius 3 is 2.79 bits per heavy atom. The second-order valence-corrected chi connectivity index (χ2v) is 6.56. The van der Waals surface area contributed by atoms with Crippen LogP contribution < -0.4 is 4.90 Å². The predicted molar refractivity (Wildman–Crippen MR) is 98.3 cm³/mol. The number of para-hydroxylation sites is 1. The van der Waals surface area contributed by atoms with E-state index in [2.05, 4.69) is 64.6 Å². The highest BCUT2D eigenvalue weighted by Crippen LogP contribution is 2.38. The van der Waals surface area contributed by atoms with Crippen molar-refractivity contribution in [3.8, 4) is 11.3 Å². The Morgan fingerprint density at radius 1 is 1.04 bits per heavy atom. The zero-order chi connectivity index (χ0) is 16.1. The SMILES string of the molecule is CN(c1cc2ccccc2nc1-c1ccc2[nH]ncc2c1)C1CC1. The van der Waals surface area contributed by atoms with Gasteiger partial charge in [0.15, 0.2) is 0 Å². The molecular formula is C20H18N4. The molecular weight excluding hydrogens is 296 g/mol. The van der Waals surface area contributed by atoms with Crippen LogP contribution in [0.1, 0.15) is 12.8 Å². The van der Waals surface area contributed by atoms with Crippen LogP contribution in [0.5, 0.6) is 0 Å². The van der Waals surface area contributed by atoms with Gasteiger partial charge in [-0.2, -0.15) is 5.10 Å². The highest BCUT2D eigenvalue weighted by Gasteiger charge is 2.28. The predicted octanol–water partition coefficient (Wildman–Crippen LogP) is 4.38. The molecule has 1 saturated carbocycles. The van der Waals surface area contributed by atoms with Crippen LogP contribution in [0.3, 0.4) is 0 Å². The third kappa shape index (κ3) is 2.14. The van der Waals surface area contributed by atoms with Crippen molar-refractivity contribution in [1.29, 1.82) is 0 Å². The van der Waals surface area contributed by atoms with Crippen LogP contribution in [0.25, 0.3) is 33.1 Å². The summed E-state index contributed by atoms with van der Waals surface area (Å²) in [4.78, 5) is 7.38. The maximum atomic E-state index is 5.00. The molecule has 2 aromatic heterocycles. The van der Waals surface area contributed by atoms with Gasteiger partial charge in [-0.3, -0.25) is 5.10 Å². The van der Waals surface area contributed by atoms with Gasteiger partial charge in [-0.25, -0.2) is 4.98 Å². The van der Waals surface area contributed by atoms with E-state index in [9.17, 15) is 0 Å². The lowest BCUT2D eigenvalue weighted by Crippen LogP contribution is -2.20. The van der Waals surface area contributed by atoms with Crippen LogP contribution in [0, 0.1) is 0 Å². The van der Waals surface area contributed by atoms with Gasteiger partial charge < -0.3 is 4.90 Å². The zero-order valence-corrected chi connectivity index (χ0v) is 13.5. The van der Waals surface area contributed by atoms with Crippen LogP contribution in [0.15, 0.2) is 54.7 Å². The lowest BCUT2D eigenvalue weighted by Gasteiger charge is -2.22. The van der Waals surface area contributed by atoms with Gasteiger partial charge in [-0.05, 0) is 37.1 Å². The molecule has 0 saturated heterocycles. The van der Waals surface area contributed by atoms with Gasteiger partial charge in [0, 0.05) is 29.4 Å². The van der Waals surface area contributed by atoms with Gasteiger partial charge in [0.2, 0.25) is 0 Å². The summed E-state index contributed by atoms with van der Waals surface area (Å²) < 4.78 is 0. The molecule has 1 aliphatic carbocycles. The molecule has 0 spiro atoms. The first-order valence-electron chi connectivity index (χ1n) is 8.36. The van der Waals surface area contributed by atoms with E-state index in [1.165, 1.54) is 23.9 Å². The monoisotopic (exact) mass is 314 g/mol. The number of hydrogen-bond acceptors (Lipinski definition) is 3. The molecule has 1 fully saturated rings. The van der Waals surface area contributed by atoms with Gasteiger partial charge in [-0.1, -0.05) is 24.3 Å². The molecule has 5 rings (SSSR count). The Morgan fingerprint density at radius 2 is 1.92 bits per heavy atom. The first kappa shape index (κ1) is 13.5. The average Bonchev–Trinajstić information content (AvgIpc) is 3.37. The Hall–Kier alpha value is -2.88. The van der Waals surface area contributed by atoms with Crippen molar-refractivity contribution < 1.29 is 0 Å². The standard InChI is InChI=1S/C20H18N4/c1-24(16-7-8-16)19-11-13-4-2-3-5-17(13)22-20(19)14-6-9-18-15(10-14)12-21-23-18/h2-6,9-12,16H,7-8H2,1H3,(H,21,23). The van der Waals surface area contributed by atoms with Crippen molar-refractivity contribution in [2.45, 2.75) is 18.9 Å². The number of rotatable bonds is 3. The van der Waals surface area contributed by atoms with E-state index in [1.807, 2.05) is 12.3 Å². The topological polar surface area (TPSA) is 44.8 Å². The smallest absolute Gasteiger partial charge is 0.0943 e. The summed E-state index contributed by atoms with van der Waals surface area (Å²) in [5.74, 6) is 0. The number of nitrogens with zero attached hydrogens (tertiary/aromatic N) is 3. The molecule has 0 unspecified atom stereocenters. The van der Waals surface area contributed by atoms with Crippen molar-refractivity contribution in [2.75, 3.05) is 11.9 Å². The van der Waals surface area contributed by atoms with Gasteiger partial charge in [0.1, 0.15) is 0 Å². The number of benzene rings is 2. The van der Waals surface area contributed by atoms with Gasteiger partial charge >= 0.3 is 0 Å². The summed E-state index contributed by atoms with van der Waals surface area (Å²) in [6, 6.07) is 17.6. The molecule has 1 N–H and O–H groups in total. The third-order valence-corrected chi connectivity index (χ3v) is 4.89. The number of anilines is 1. The molecule has 0 aliphatic heterocycles. The number of pyridine rings is 1. The lowest BCUT2D eigenvalue weighted by molar-refractivity contribution is 0.916. The largest absolute Gasteiger partial charge is 0.370 e. The average molecular weight is 314 g/mol. The third-order valence-electron chi connectivity index (χ3n) is 4.89. The number of aromatic nitrogens is 3. The van der Waals surface area contributed by atoms with Crippen molar-refractivity contribution in [3.63, 3.8) is 0 Å². The lowest BCUT2D eigenvalue weighted by atomic mass is 10.0. The van der Waals surface area contributed by atoms with E-state index < -0.39 is 0 Å². The number of aromatic amines is 1. The molecule has 4 aromatic rings. The maximum absolute atomic E-state index is 5.00. The molecule has 0 radical (unpaired) electrons. The van der Waals surface area contributed by atoms with E-state index in [0.29, 0.717) is 6.04 Å². The number of nitrogens with one attached hydrogen (secondary N) is 1. The number of hydrogen-bond donors (Lipinski definition) is 1. The van der Waals surface area contributed by atoms with E-state index in [4.69, 9.17) is 4.98 Å². The minimum Gasteiger partial charge on any atom is -0.370 e. The Kier molecular flexibility index (Phi) is 2.86. The number of H-pyrrole nitrogens is 1. The minimum atomic E-state index is 0.643. The molecule has 0 bridgehead atoms. The minimum absolute atomic E-state index is 0.643. The first-order chi connectivity index (χ1) is 11.8. The summed E-state index contributed by atoms with van der Waals surface area (Å²) in [6.07, 6.45) is 4.40. The van der Waals surface area contributed by atoms with Crippen LogP contribution in [-0.4, -0.2) is 28.3 Å². The van der Waals surface area contributed by atoms with Gasteiger partial charge in [0.25, 0.3) is 0 Å². The first-order valence-corrected chi connectivity index (χ1v) is 8.36. The van der Waals surface area contributed by atoms with Crippen LogP contribution in [0.2, 0.25) is 0 Å². The molecule has 4 heteroatoms. The summed E-state index contributed by atoms with van der Waals surface area (Å²) in [5, 5.41) is 9.44. The second kappa shape index (κ2) is 5.06. The number of fused-ring (bicyclic) bond motifs is 2. The molecule has 0 amide bonds. The molecule has 2 heterocycles. The second-order valence-electron chi connectivity index (χ2n) is 6.56.